The van der Waals surface area contributed by atoms with E-state index in [9.17, 15) is 0 Å². The van der Waals surface area contributed by atoms with Crippen LogP contribution in [0.15, 0.2) is 33.2 Å². The van der Waals surface area contributed by atoms with Crippen LogP contribution < -0.4 is 5.32 Å². The molecule has 2 fully saturated rings. The van der Waals surface area contributed by atoms with E-state index in [1.165, 1.54) is 31.6 Å². The van der Waals surface area contributed by atoms with Crippen molar-refractivity contribution in [3.63, 3.8) is 0 Å². The van der Waals surface area contributed by atoms with Gasteiger partial charge in [-0.05, 0) is 56.1 Å². The number of furan rings is 1. The molecule has 1 N–H and O–H groups in total. The maximum absolute atomic E-state index is 6.04. The molecule has 1 unspecified atom stereocenters. The molecule has 3 atom stereocenters. The topological polar surface area (TPSA) is 28.4 Å². The van der Waals surface area contributed by atoms with E-state index >= 15 is 0 Å². The van der Waals surface area contributed by atoms with Gasteiger partial charge >= 0.3 is 0 Å². The highest BCUT2D eigenvalue weighted by atomic mass is 79.9. The summed E-state index contributed by atoms with van der Waals surface area (Å²) in [5.74, 6) is 2.75. The van der Waals surface area contributed by atoms with E-state index < -0.39 is 0 Å². The first-order valence-electron chi connectivity index (χ1n) is 7.34. The van der Waals surface area contributed by atoms with Crippen molar-refractivity contribution in [2.45, 2.75) is 13.0 Å². The first-order chi connectivity index (χ1) is 9.70. The lowest BCUT2D eigenvalue weighted by molar-refractivity contribution is 0.219. The Labute approximate surface area is 127 Å². The molecule has 1 aromatic carbocycles. The summed E-state index contributed by atoms with van der Waals surface area (Å²) in [7, 11) is 0. The predicted octanol–water partition coefficient (Wildman–Crippen LogP) is 3.41. The van der Waals surface area contributed by atoms with Crippen LogP contribution in [0, 0.1) is 11.8 Å². The van der Waals surface area contributed by atoms with Crippen LogP contribution in [0.3, 0.4) is 0 Å². The van der Waals surface area contributed by atoms with Crippen molar-refractivity contribution in [1.29, 1.82) is 0 Å². The molecule has 20 heavy (non-hydrogen) atoms. The van der Waals surface area contributed by atoms with Crippen molar-refractivity contribution < 1.29 is 4.42 Å². The summed E-state index contributed by atoms with van der Waals surface area (Å²) < 4.78 is 7.14. The van der Waals surface area contributed by atoms with Gasteiger partial charge in [0.25, 0.3) is 0 Å². The van der Waals surface area contributed by atoms with Gasteiger partial charge in [-0.15, -0.1) is 0 Å². The second-order valence-corrected chi connectivity index (χ2v) is 7.05. The fourth-order valence-corrected chi connectivity index (χ4v) is 4.01. The molecule has 4 heteroatoms. The molecule has 3 heterocycles. The van der Waals surface area contributed by atoms with Crippen LogP contribution in [0.5, 0.6) is 0 Å². The fourth-order valence-electron chi connectivity index (χ4n) is 3.63. The van der Waals surface area contributed by atoms with E-state index in [0.717, 1.165) is 27.7 Å². The molecule has 3 nitrogen and oxygen atoms in total. The Morgan fingerprint density at radius 2 is 2.00 bits per heavy atom. The number of benzene rings is 1. The van der Waals surface area contributed by atoms with Gasteiger partial charge in [0, 0.05) is 22.9 Å². The Morgan fingerprint density at radius 1 is 1.25 bits per heavy atom. The number of hydrogen-bond acceptors (Lipinski definition) is 3. The Morgan fingerprint density at radius 3 is 2.75 bits per heavy atom. The third-order valence-electron chi connectivity index (χ3n) is 4.87. The molecule has 0 amide bonds. The molecule has 2 aliphatic heterocycles. The Bertz CT molecular complexity index is 626. The molecule has 106 valence electrons. The standard InChI is InChI=1S/C16H19BrN2O/c1-10(19-8-12-6-18-7-13(12)9-19)16-5-11-4-14(17)2-3-15(11)20-16/h2-5,10,12-13,18H,6-9H2,1H3/t10?,12-,13+. The number of rotatable bonds is 2. The van der Waals surface area contributed by atoms with Gasteiger partial charge in [0.2, 0.25) is 0 Å². The van der Waals surface area contributed by atoms with Crippen molar-refractivity contribution in [1.82, 2.24) is 10.2 Å². The molecule has 4 rings (SSSR count). The van der Waals surface area contributed by atoms with Crippen LogP contribution in [0.1, 0.15) is 18.7 Å². The van der Waals surface area contributed by atoms with Gasteiger partial charge in [-0.25, -0.2) is 0 Å². The second kappa shape index (κ2) is 4.86. The van der Waals surface area contributed by atoms with Crippen LogP contribution in [-0.4, -0.2) is 31.1 Å². The average Bonchev–Trinajstić information content (AvgIpc) is 3.10. The molecule has 2 aliphatic rings. The van der Waals surface area contributed by atoms with Crippen molar-refractivity contribution >= 4 is 26.9 Å². The first kappa shape index (κ1) is 12.9. The maximum atomic E-state index is 6.04. The number of hydrogen-bond donors (Lipinski definition) is 1. The van der Waals surface area contributed by atoms with Crippen LogP contribution in [-0.2, 0) is 0 Å². The third-order valence-corrected chi connectivity index (χ3v) is 5.37. The third kappa shape index (κ3) is 2.10. The summed E-state index contributed by atoms with van der Waals surface area (Å²) >= 11 is 3.52. The minimum absolute atomic E-state index is 0.367. The van der Waals surface area contributed by atoms with Crippen molar-refractivity contribution in [2.24, 2.45) is 11.8 Å². The number of fused-ring (bicyclic) bond motifs is 2. The molecule has 1 aromatic heterocycles. The molecule has 0 aliphatic carbocycles. The predicted molar refractivity (Wildman–Crippen MR) is 83.8 cm³/mol. The maximum Gasteiger partial charge on any atom is 0.134 e. The normalized spacial score (nSPS) is 28.1. The number of likely N-dealkylation sites (tertiary alicyclic amines) is 1. The van der Waals surface area contributed by atoms with Crippen molar-refractivity contribution in [3.05, 3.63) is 34.5 Å². The second-order valence-electron chi connectivity index (χ2n) is 6.14. The average molecular weight is 335 g/mol. The quantitative estimate of drug-likeness (QED) is 0.912. The summed E-state index contributed by atoms with van der Waals surface area (Å²) in [6.45, 7) is 7.02. The van der Waals surface area contributed by atoms with Gasteiger partial charge < -0.3 is 9.73 Å². The Kier molecular flexibility index (Phi) is 3.13. The van der Waals surface area contributed by atoms with Crippen molar-refractivity contribution in [2.75, 3.05) is 26.2 Å². The monoisotopic (exact) mass is 334 g/mol. The largest absolute Gasteiger partial charge is 0.459 e. The van der Waals surface area contributed by atoms with E-state index in [4.69, 9.17) is 4.42 Å². The minimum Gasteiger partial charge on any atom is -0.459 e. The van der Waals surface area contributed by atoms with Crippen molar-refractivity contribution in [3.8, 4) is 0 Å². The smallest absolute Gasteiger partial charge is 0.134 e. The molecular formula is C16H19BrN2O. The van der Waals surface area contributed by atoms with Crippen LogP contribution in [0.25, 0.3) is 11.0 Å². The summed E-state index contributed by atoms with van der Waals surface area (Å²) in [5.41, 5.74) is 0.983. The highest BCUT2D eigenvalue weighted by molar-refractivity contribution is 9.10. The van der Waals surface area contributed by atoms with E-state index in [1.54, 1.807) is 0 Å². The van der Waals surface area contributed by atoms with Gasteiger partial charge in [0.1, 0.15) is 11.3 Å². The SMILES string of the molecule is CC(c1cc2cc(Br)ccc2o1)N1C[C@H]2CNC[C@H]2C1. The van der Waals surface area contributed by atoms with E-state index in [0.29, 0.717) is 6.04 Å². The number of nitrogens with one attached hydrogen (secondary N) is 1. The van der Waals surface area contributed by atoms with Gasteiger partial charge in [-0.1, -0.05) is 15.9 Å². The molecule has 2 saturated heterocycles. The zero-order chi connectivity index (χ0) is 13.7. The molecule has 0 bridgehead atoms. The van der Waals surface area contributed by atoms with Crippen LogP contribution in [0.2, 0.25) is 0 Å². The lowest BCUT2D eigenvalue weighted by Crippen LogP contribution is -2.28. The molecule has 0 spiro atoms. The fraction of sp³-hybridized carbons (Fsp3) is 0.500. The summed E-state index contributed by atoms with van der Waals surface area (Å²) in [4.78, 5) is 2.57. The summed E-state index contributed by atoms with van der Waals surface area (Å²) in [5, 5.41) is 4.68. The highest BCUT2D eigenvalue weighted by Gasteiger charge is 2.38. The van der Waals surface area contributed by atoms with Gasteiger partial charge in [0.05, 0.1) is 6.04 Å². The minimum atomic E-state index is 0.367. The van der Waals surface area contributed by atoms with Crippen LogP contribution in [0.4, 0.5) is 0 Å². The molecule has 0 saturated carbocycles. The molecule has 2 aromatic rings. The molecule has 0 radical (unpaired) electrons. The lowest BCUT2D eigenvalue weighted by Gasteiger charge is -2.23. The Balaban J connectivity index is 1.59. The number of halogens is 1. The number of nitrogens with zero attached hydrogens (tertiary/aromatic N) is 1. The Hall–Kier alpha value is -0.840. The summed E-state index contributed by atoms with van der Waals surface area (Å²) in [6, 6.07) is 8.76. The van der Waals surface area contributed by atoms with Gasteiger partial charge in [-0.3, -0.25) is 4.90 Å². The molecular weight excluding hydrogens is 316 g/mol. The highest BCUT2D eigenvalue weighted by Crippen LogP contribution is 2.35. The van der Waals surface area contributed by atoms with Crippen LogP contribution >= 0.6 is 15.9 Å². The first-order valence-corrected chi connectivity index (χ1v) is 8.14. The zero-order valence-electron chi connectivity index (χ0n) is 11.6. The van der Waals surface area contributed by atoms with Gasteiger partial charge in [-0.2, -0.15) is 0 Å². The van der Waals surface area contributed by atoms with E-state index in [1.807, 2.05) is 12.1 Å². The summed E-state index contributed by atoms with van der Waals surface area (Å²) in [6.07, 6.45) is 0. The van der Waals surface area contributed by atoms with Gasteiger partial charge in [0.15, 0.2) is 0 Å². The lowest BCUT2D eigenvalue weighted by atomic mass is 10.0. The zero-order valence-corrected chi connectivity index (χ0v) is 13.2. The van der Waals surface area contributed by atoms with E-state index in [-0.39, 0.29) is 0 Å². The van der Waals surface area contributed by atoms with E-state index in [2.05, 4.69) is 45.2 Å².